The first-order valence-electron chi connectivity index (χ1n) is 7.36. The largest absolute Gasteiger partial charge is 0.465 e. The Morgan fingerprint density at radius 3 is 2.59 bits per heavy atom. The topological polar surface area (TPSA) is 75.7 Å². The van der Waals surface area contributed by atoms with E-state index in [2.05, 4.69) is 10.1 Å². The lowest BCUT2D eigenvalue weighted by Gasteiger charge is -2.26. The summed E-state index contributed by atoms with van der Waals surface area (Å²) in [5.74, 6) is -1.00. The lowest BCUT2D eigenvalue weighted by Crippen LogP contribution is -2.37. The van der Waals surface area contributed by atoms with Crippen LogP contribution in [0.5, 0.6) is 0 Å². The third-order valence-electron chi connectivity index (χ3n) is 3.59. The van der Waals surface area contributed by atoms with Crippen LogP contribution in [0.4, 0.5) is 5.69 Å². The number of rotatable bonds is 4. The molecule has 6 heteroatoms. The Bertz CT molecular complexity index is 565. The quantitative estimate of drug-likeness (QED) is 0.680. The van der Waals surface area contributed by atoms with Gasteiger partial charge in [0.2, 0.25) is 11.8 Å². The number of hydrogen-bond acceptors (Lipinski definition) is 4. The van der Waals surface area contributed by atoms with Crippen LogP contribution in [0, 0.1) is 0 Å². The molecule has 1 N–H and O–H groups in total. The van der Waals surface area contributed by atoms with Crippen LogP contribution in [0.1, 0.15) is 36.0 Å². The predicted molar refractivity (Wildman–Crippen MR) is 81.5 cm³/mol. The molecule has 118 valence electrons. The molecule has 1 saturated heterocycles. The van der Waals surface area contributed by atoms with Crippen LogP contribution in [0.3, 0.4) is 0 Å². The molecule has 0 unspecified atom stereocenters. The van der Waals surface area contributed by atoms with Gasteiger partial charge >= 0.3 is 5.97 Å². The number of nitrogens with zero attached hydrogens (tertiary/aromatic N) is 1. The van der Waals surface area contributed by atoms with Crippen molar-refractivity contribution in [1.82, 2.24) is 4.90 Å². The van der Waals surface area contributed by atoms with E-state index < -0.39 is 5.97 Å². The number of ether oxygens (including phenoxy) is 1. The first-order valence-corrected chi connectivity index (χ1v) is 7.36. The summed E-state index contributed by atoms with van der Waals surface area (Å²) in [5.41, 5.74) is 0.821. The molecule has 2 rings (SSSR count). The Balaban J connectivity index is 1.91. The number of hydrogen-bond donors (Lipinski definition) is 1. The Morgan fingerprint density at radius 2 is 1.91 bits per heavy atom. The highest BCUT2D eigenvalue weighted by atomic mass is 16.5. The number of benzene rings is 1. The first kappa shape index (κ1) is 16.0. The van der Waals surface area contributed by atoms with Crippen molar-refractivity contribution in [2.75, 3.05) is 25.5 Å². The van der Waals surface area contributed by atoms with Crippen molar-refractivity contribution in [1.29, 1.82) is 0 Å². The zero-order valence-corrected chi connectivity index (χ0v) is 12.6. The van der Waals surface area contributed by atoms with Gasteiger partial charge in [-0.15, -0.1) is 0 Å². The molecule has 1 heterocycles. The van der Waals surface area contributed by atoms with Crippen LogP contribution in [0.15, 0.2) is 24.3 Å². The second kappa shape index (κ2) is 7.59. The van der Waals surface area contributed by atoms with Gasteiger partial charge in [-0.05, 0) is 37.5 Å². The van der Waals surface area contributed by atoms with Gasteiger partial charge in [0.15, 0.2) is 0 Å². The Morgan fingerprint density at radius 1 is 1.18 bits per heavy atom. The van der Waals surface area contributed by atoms with E-state index in [-0.39, 0.29) is 18.2 Å². The molecule has 1 aromatic carbocycles. The average Bonchev–Trinajstić information content (AvgIpc) is 2.55. The van der Waals surface area contributed by atoms with Crippen molar-refractivity contribution in [2.45, 2.75) is 25.7 Å². The summed E-state index contributed by atoms with van der Waals surface area (Å²) in [7, 11) is 1.30. The molecule has 0 saturated carbocycles. The molecule has 0 radical (unpaired) electrons. The summed E-state index contributed by atoms with van der Waals surface area (Å²) in [5, 5.41) is 2.64. The van der Waals surface area contributed by atoms with E-state index in [1.807, 2.05) is 0 Å². The minimum Gasteiger partial charge on any atom is -0.465 e. The van der Waals surface area contributed by atoms with Gasteiger partial charge < -0.3 is 15.0 Å². The van der Waals surface area contributed by atoms with Crippen LogP contribution in [0.2, 0.25) is 0 Å². The molecule has 22 heavy (non-hydrogen) atoms. The van der Waals surface area contributed by atoms with Crippen molar-refractivity contribution in [3.8, 4) is 0 Å². The summed E-state index contributed by atoms with van der Waals surface area (Å²) in [6.45, 7) is 1.45. The minimum absolute atomic E-state index is 0.152. The number of piperidine rings is 1. The SMILES string of the molecule is COC(=O)c1cccc(NC(=O)CC(=O)N2CCCCC2)c1. The molecule has 2 amide bonds. The van der Waals surface area contributed by atoms with Gasteiger partial charge in [-0.25, -0.2) is 4.79 Å². The van der Waals surface area contributed by atoms with Gasteiger partial charge in [-0.2, -0.15) is 0 Å². The summed E-state index contributed by atoms with van der Waals surface area (Å²) in [6, 6.07) is 6.43. The normalized spacial score (nSPS) is 14.3. The van der Waals surface area contributed by atoms with E-state index in [0.717, 1.165) is 32.4 Å². The number of methoxy groups -OCH3 is 1. The van der Waals surface area contributed by atoms with Gasteiger partial charge in [0.25, 0.3) is 0 Å². The monoisotopic (exact) mass is 304 g/mol. The lowest BCUT2D eigenvalue weighted by atomic mass is 10.1. The van der Waals surface area contributed by atoms with Crippen molar-refractivity contribution < 1.29 is 19.1 Å². The molecule has 0 aliphatic carbocycles. The van der Waals surface area contributed by atoms with E-state index >= 15 is 0 Å². The molecular weight excluding hydrogens is 284 g/mol. The number of esters is 1. The van der Waals surface area contributed by atoms with Crippen molar-refractivity contribution in [3.05, 3.63) is 29.8 Å². The standard InChI is InChI=1S/C16H20N2O4/c1-22-16(21)12-6-5-7-13(10-12)17-14(19)11-15(20)18-8-3-2-4-9-18/h5-7,10H,2-4,8-9,11H2,1H3,(H,17,19). The minimum atomic E-state index is -0.472. The van der Waals surface area contributed by atoms with Crippen molar-refractivity contribution in [3.63, 3.8) is 0 Å². The smallest absolute Gasteiger partial charge is 0.337 e. The number of amides is 2. The van der Waals surface area contributed by atoms with E-state index in [1.54, 1.807) is 23.1 Å². The maximum Gasteiger partial charge on any atom is 0.337 e. The van der Waals surface area contributed by atoms with E-state index in [1.165, 1.54) is 13.2 Å². The molecular formula is C16H20N2O4. The second-order valence-electron chi connectivity index (χ2n) is 5.24. The zero-order chi connectivity index (χ0) is 15.9. The van der Waals surface area contributed by atoms with Crippen LogP contribution < -0.4 is 5.32 Å². The van der Waals surface area contributed by atoms with Crippen LogP contribution in [-0.4, -0.2) is 42.9 Å². The van der Waals surface area contributed by atoms with E-state index in [9.17, 15) is 14.4 Å². The third kappa shape index (κ3) is 4.31. The zero-order valence-electron chi connectivity index (χ0n) is 12.6. The number of carbonyl (C=O) groups excluding carboxylic acids is 3. The lowest BCUT2D eigenvalue weighted by molar-refractivity contribution is -0.135. The van der Waals surface area contributed by atoms with Crippen molar-refractivity contribution in [2.24, 2.45) is 0 Å². The van der Waals surface area contributed by atoms with Gasteiger partial charge in [0, 0.05) is 18.8 Å². The highest BCUT2D eigenvalue weighted by molar-refractivity contribution is 6.04. The fourth-order valence-electron chi connectivity index (χ4n) is 2.44. The molecule has 0 bridgehead atoms. The molecule has 1 aliphatic heterocycles. The first-order chi connectivity index (χ1) is 10.6. The van der Waals surface area contributed by atoms with Crippen LogP contribution in [-0.2, 0) is 14.3 Å². The Hall–Kier alpha value is -2.37. The number of carbonyl (C=O) groups is 3. The molecule has 6 nitrogen and oxygen atoms in total. The average molecular weight is 304 g/mol. The fourth-order valence-corrected chi connectivity index (χ4v) is 2.44. The molecule has 0 spiro atoms. The molecule has 0 atom stereocenters. The van der Waals surface area contributed by atoms with Crippen LogP contribution >= 0.6 is 0 Å². The van der Waals surface area contributed by atoms with Gasteiger partial charge in [0.1, 0.15) is 6.42 Å². The highest BCUT2D eigenvalue weighted by Crippen LogP contribution is 2.13. The van der Waals surface area contributed by atoms with Gasteiger partial charge in [-0.1, -0.05) is 6.07 Å². The number of likely N-dealkylation sites (tertiary alicyclic amines) is 1. The second-order valence-corrected chi connectivity index (χ2v) is 5.24. The Labute approximate surface area is 129 Å². The number of nitrogens with one attached hydrogen (secondary N) is 1. The molecule has 1 aromatic rings. The summed E-state index contributed by atoms with van der Waals surface area (Å²) in [4.78, 5) is 37.1. The number of anilines is 1. The molecule has 1 aliphatic rings. The van der Waals surface area contributed by atoms with Gasteiger partial charge in [0.05, 0.1) is 12.7 Å². The van der Waals surface area contributed by atoms with Crippen LogP contribution in [0.25, 0.3) is 0 Å². The summed E-state index contributed by atoms with van der Waals surface area (Å²) in [6.07, 6.45) is 2.95. The van der Waals surface area contributed by atoms with E-state index in [0.29, 0.717) is 11.3 Å². The third-order valence-corrected chi connectivity index (χ3v) is 3.59. The highest BCUT2D eigenvalue weighted by Gasteiger charge is 2.19. The maximum absolute atomic E-state index is 12.0. The summed E-state index contributed by atoms with van der Waals surface area (Å²) < 4.78 is 4.63. The van der Waals surface area contributed by atoms with Crippen molar-refractivity contribution >= 4 is 23.5 Å². The molecule has 0 aromatic heterocycles. The molecule has 1 fully saturated rings. The fraction of sp³-hybridized carbons (Fsp3) is 0.438. The Kier molecular flexibility index (Phi) is 5.52. The maximum atomic E-state index is 12.0. The summed E-state index contributed by atoms with van der Waals surface area (Å²) >= 11 is 0. The van der Waals surface area contributed by atoms with E-state index in [4.69, 9.17) is 0 Å². The predicted octanol–water partition coefficient (Wildman–Crippen LogP) is 1.81. The van der Waals surface area contributed by atoms with Gasteiger partial charge in [-0.3, -0.25) is 9.59 Å².